The van der Waals surface area contributed by atoms with Gasteiger partial charge in [-0.05, 0) is 5.53 Å². The van der Waals surface area contributed by atoms with Crippen LogP contribution in [0.3, 0.4) is 0 Å². The van der Waals surface area contributed by atoms with E-state index in [0.717, 1.165) is 5.56 Å². The van der Waals surface area contributed by atoms with Crippen molar-refractivity contribution in [3.05, 3.63) is 46.3 Å². The van der Waals surface area contributed by atoms with E-state index in [-0.39, 0.29) is 6.61 Å². The third-order valence-electron chi connectivity index (χ3n) is 4.31. The summed E-state index contributed by atoms with van der Waals surface area (Å²) in [5.41, 5.74) is 9.78. The van der Waals surface area contributed by atoms with Gasteiger partial charge in [-0.25, -0.2) is 4.79 Å². The molecule has 9 nitrogen and oxygen atoms in total. The van der Waals surface area contributed by atoms with E-state index in [4.69, 9.17) is 29.2 Å². The summed E-state index contributed by atoms with van der Waals surface area (Å²) in [4.78, 5) is 14.9. The Bertz CT molecular complexity index is 651. The summed E-state index contributed by atoms with van der Waals surface area (Å²) in [5.74, 6) is -0.603. The molecule has 6 atom stereocenters. The van der Waals surface area contributed by atoms with Crippen LogP contribution >= 0.6 is 0 Å². The maximum absolute atomic E-state index is 12.0. The highest BCUT2D eigenvalue weighted by atomic mass is 16.7. The maximum Gasteiger partial charge on any atom is 0.337 e. The number of benzene rings is 1. The molecule has 3 unspecified atom stereocenters. The molecule has 9 heteroatoms. The summed E-state index contributed by atoms with van der Waals surface area (Å²) in [7, 11) is 2.67. The second-order valence-electron chi connectivity index (χ2n) is 5.69. The number of nitrogens with zero attached hydrogens (tertiary/aromatic N) is 3. The third kappa shape index (κ3) is 3.46. The molecule has 0 aliphatic carbocycles. The van der Waals surface area contributed by atoms with Crippen molar-refractivity contribution in [3.8, 4) is 0 Å². The molecule has 2 aliphatic rings. The molecule has 2 aliphatic heterocycles. The smallest absolute Gasteiger partial charge is 0.337 e. The predicted octanol–water partition coefficient (Wildman–Crippen LogP) is 1.73. The van der Waals surface area contributed by atoms with E-state index in [1.165, 1.54) is 14.2 Å². The van der Waals surface area contributed by atoms with E-state index >= 15 is 0 Å². The minimum atomic E-state index is -1.02. The number of ether oxygens (including phenoxy) is 5. The van der Waals surface area contributed by atoms with Crippen molar-refractivity contribution >= 4 is 5.97 Å². The van der Waals surface area contributed by atoms with Gasteiger partial charge in [-0.2, -0.15) is 0 Å². The number of carbonyl (C=O) groups is 1. The number of rotatable bonds is 4. The number of fused-ring (bicyclic) bond motifs is 1. The Morgan fingerprint density at radius 2 is 2.04 bits per heavy atom. The van der Waals surface area contributed by atoms with Crippen molar-refractivity contribution in [2.75, 3.05) is 20.8 Å². The molecular formula is C16H19N3O6. The largest absolute Gasteiger partial charge is 0.467 e. The first-order valence-corrected chi connectivity index (χ1v) is 7.82. The number of azide groups is 1. The molecule has 2 heterocycles. The van der Waals surface area contributed by atoms with Crippen molar-refractivity contribution in [2.45, 2.75) is 36.7 Å². The lowest BCUT2D eigenvalue weighted by atomic mass is 9.92. The van der Waals surface area contributed by atoms with E-state index in [1.54, 1.807) is 0 Å². The zero-order valence-corrected chi connectivity index (χ0v) is 13.8. The van der Waals surface area contributed by atoms with Gasteiger partial charge in [0.1, 0.15) is 18.3 Å². The molecule has 0 N–H and O–H groups in total. The van der Waals surface area contributed by atoms with Crippen molar-refractivity contribution in [1.29, 1.82) is 0 Å². The Labute approximate surface area is 144 Å². The van der Waals surface area contributed by atoms with Crippen LogP contribution in [-0.4, -0.2) is 57.3 Å². The van der Waals surface area contributed by atoms with Crippen LogP contribution in [0.2, 0.25) is 0 Å². The minimum absolute atomic E-state index is 0.186. The highest BCUT2D eigenvalue weighted by Crippen LogP contribution is 2.36. The molecule has 2 fully saturated rings. The predicted molar refractivity (Wildman–Crippen MR) is 84.4 cm³/mol. The molecule has 25 heavy (non-hydrogen) atoms. The van der Waals surface area contributed by atoms with Crippen LogP contribution in [0.25, 0.3) is 10.4 Å². The lowest BCUT2D eigenvalue weighted by molar-refractivity contribution is -0.306. The molecule has 0 saturated carbocycles. The highest BCUT2D eigenvalue weighted by molar-refractivity contribution is 5.75. The Morgan fingerprint density at radius 1 is 1.28 bits per heavy atom. The van der Waals surface area contributed by atoms with Gasteiger partial charge in [-0.15, -0.1) is 0 Å². The van der Waals surface area contributed by atoms with Gasteiger partial charge in [0.2, 0.25) is 0 Å². The van der Waals surface area contributed by atoms with Gasteiger partial charge in [0.05, 0.1) is 19.8 Å². The quantitative estimate of drug-likeness (QED) is 0.354. The van der Waals surface area contributed by atoms with E-state index in [9.17, 15) is 4.79 Å². The third-order valence-corrected chi connectivity index (χ3v) is 4.31. The first kappa shape index (κ1) is 17.7. The van der Waals surface area contributed by atoms with Gasteiger partial charge in [-0.1, -0.05) is 35.4 Å². The number of esters is 1. The van der Waals surface area contributed by atoms with Crippen LogP contribution in [0.15, 0.2) is 35.4 Å². The SMILES string of the molecule is COC(=O)[C@@H]1OC2COC(c3ccccc3)O[C@@H]2[C@H](N=[N+]=[N-])C1OC. The molecule has 0 spiro atoms. The molecule has 134 valence electrons. The Kier molecular flexibility index (Phi) is 5.52. The standard InChI is InChI=1S/C16H19N3O6/c1-21-13-11(18-19-17)12-10(24-14(13)15(20)22-2)8-23-16(25-12)9-6-4-3-5-7-9/h3-7,10-14,16H,8H2,1-2H3/t10?,11-,12-,13?,14+,16?/m0/s1. The molecule has 0 amide bonds. The average molecular weight is 349 g/mol. The minimum Gasteiger partial charge on any atom is -0.467 e. The first-order chi connectivity index (χ1) is 12.2. The lowest BCUT2D eigenvalue weighted by Gasteiger charge is -2.47. The topological polar surface area (TPSA) is 112 Å². The van der Waals surface area contributed by atoms with Crippen LogP contribution < -0.4 is 0 Å². The Hall–Kier alpha value is -2.16. The van der Waals surface area contributed by atoms with Crippen molar-refractivity contribution in [3.63, 3.8) is 0 Å². The molecule has 0 aromatic heterocycles. The van der Waals surface area contributed by atoms with Gasteiger partial charge < -0.3 is 23.7 Å². The van der Waals surface area contributed by atoms with Gasteiger partial charge in [0.15, 0.2) is 12.4 Å². The summed E-state index contributed by atoms with van der Waals surface area (Å²) in [6, 6.07) is 8.64. The van der Waals surface area contributed by atoms with E-state index in [1.807, 2.05) is 30.3 Å². The summed E-state index contributed by atoms with van der Waals surface area (Å²) < 4.78 is 27.6. The highest BCUT2D eigenvalue weighted by Gasteiger charge is 2.52. The van der Waals surface area contributed by atoms with E-state index < -0.39 is 42.7 Å². The normalized spacial score (nSPS) is 34.5. The first-order valence-electron chi connectivity index (χ1n) is 7.82. The zero-order valence-electron chi connectivity index (χ0n) is 13.8. The van der Waals surface area contributed by atoms with Crippen LogP contribution in [0.5, 0.6) is 0 Å². The molecule has 1 aromatic rings. The van der Waals surface area contributed by atoms with E-state index in [0.29, 0.717) is 0 Å². The average Bonchev–Trinajstić information content (AvgIpc) is 2.67. The molecule has 1 aromatic carbocycles. The Morgan fingerprint density at radius 3 is 2.68 bits per heavy atom. The van der Waals surface area contributed by atoms with Crippen molar-refractivity contribution < 1.29 is 28.5 Å². The number of carbonyl (C=O) groups excluding carboxylic acids is 1. The van der Waals surface area contributed by atoms with Gasteiger partial charge in [0, 0.05) is 17.6 Å². The van der Waals surface area contributed by atoms with Crippen LogP contribution in [-0.2, 0) is 28.5 Å². The zero-order chi connectivity index (χ0) is 17.8. The van der Waals surface area contributed by atoms with Gasteiger partial charge in [0.25, 0.3) is 0 Å². The summed E-state index contributed by atoms with van der Waals surface area (Å²) in [5, 5.41) is 3.80. The van der Waals surface area contributed by atoms with Crippen molar-refractivity contribution in [2.24, 2.45) is 5.11 Å². The second kappa shape index (κ2) is 7.81. The fourth-order valence-electron chi connectivity index (χ4n) is 3.14. The van der Waals surface area contributed by atoms with Crippen LogP contribution in [0.4, 0.5) is 0 Å². The number of hydrogen-bond acceptors (Lipinski definition) is 7. The van der Waals surface area contributed by atoms with Crippen LogP contribution in [0.1, 0.15) is 11.9 Å². The summed E-state index contributed by atoms with van der Waals surface area (Å²) in [6.45, 7) is 0.186. The molecule has 0 radical (unpaired) electrons. The molecule has 0 bridgehead atoms. The second-order valence-corrected chi connectivity index (χ2v) is 5.69. The number of methoxy groups -OCH3 is 2. The van der Waals surface area contributed by atoms with Gasteiger partial charge >= 0.3 is 5.97 Å². The molecule has 2 saturated heterocycles. The van der Waals surface area contributed by atoms with E-state index in [2.05, 4.69) is 10.0 Å². The van der Waals surface area contributed by atoms with Crippen LogP contribution in [0, 0.1) is 0 Å². The fourth-order valence-corrected chi connectivity index (χ4v) is 3.14. The Balaban J connectivity index is 1.87. The van der Waals surface area contributed by atoms with Gasteiger partial charge in [-0.3, -0.25) is 0 Å². The fraction of sp³-hybridized carbons (Fsp3) is 0.562. The summed E-state index contributed by atoms with van der Waals surface area (Å²) >= 11 is 0. The maximum atomic E-state index is 12.0. The molecular weight excluding hydrogens is 330 g/mol. The van der Waals surface area contributed by atoms with Crippen molar-refractivity contribution in [1.82, 2.24) is 0 Å². The summed E-state index contributed by atoms with van der Waals surface area (Å²) in [6.07, 6.45) is -3.65. The monoisotopic (exact) mass is 349 g/mol. The lowest BCUT2D eigenvalue weighted by Crippen LogP contribution is -2.63. The molecule has 3 rings (SSSR count). The number of hydrogen-bond donors (Lipinski definition) is 0.